The Kier molecular flexibility index (Phi) is 6.04. The lowest BCUT2D eigenvalue weighted by Gasteiger charge is -2.12. The van der Waals surface area contributed by atoms with Crippen LogP contribution in [0.2, 0.25) is 0 Å². The van der Waals surface area contributed by atoms with E-state index in [1.165, 1.54) is 0 Å². The Labute approximate surface area is 160 Å². The molecule has 0 saturated heterocycles. The number of aromatic nitrogens is 1. The van der Waals surface area contributed by atoms with Gasteiger partial charge < -0.3 is 15.5 Å². The van der Waals surface area contributed by atoms with Crippen molar-refractivity contribution in [1.29, 1.82) is 0 Å². The molecular weight excluding hydrogens is 336 g/mol. The molecule has 0 unspecified atom stereocenters. The second-order valence-corrected chi connectivity index (χ2v) is 6.95. The molecule has 0 aliphatic heterocycles. The lowest BCUT2D eigenvalue weighted by atomic mass is 10.1. The van der Waals surface area contributed by atoms with E-state index in [1.54, 1.807) is 0 Å². The molecule has 0 aliphatic rings. The Morgan fingerprint density at radius 2 is 1.89 bits per heavy atom. The maximum atomic E-state index is 12.4. The van der Waals surface area contributed by atoms with Gasteiger partial charge in [0.15, 0.2) is 0 Å². The number of pyridine rings is 1. The van der Waals surface area contributed by atoms with E-state index in [1.807, 2.05) is 75.6 Å². The predicted octanol–water partition coefficient (Wildman–Crippen LogP) is 3.97. The van der Waals surface area contributed by atoms with Gasteiger partial charge in [-0.15, -0.1) is 0 Å². The number of amides is 1. The van der Waals surface area contributed by atoms with Gasteiger partial charge in [0, 0.05) is 34.6 Å². The first-order chi connectivity index (χ1) is 13.0. The molecule has 140 valence electrons. The van der Waals surface area contributed by atoms with Crippen LogP contribution < -0.4 is 10.6 Å². The monoisotopic (exact) mass is 362 g/mol. The number of carbonyl (C=O) groups is 1. The molecule has 2 aromatic carbocycles. The Hall–Kier alpha value is -2.92. The van der Waals surface area contributed by atoms with Crippen molar-refractivity contribution >= 4 is 28.2 Å². The van der Waals surface area contributed by atoms with Crippen molar-refractivity contribution < 1.29 is 4.79 Å². The molecule has 0 aliphatic carbocycles. The van der Waals surface area contributed by atoms with Crippen molar-refractivity contribution in [2.24, 2.45) is 0 Å². The number of nitrogens with one attached hydrogen (secondary N) is 2. The van der Waals surface area contributed by atoms with E-state index < -0.39 is 0 Å². The van der Waals surface area contributed by atoms with E-state index in [0.29, 0.717) is 12.1 Å². The van der Waals surface area contributed by atoms with Crippen molar-refractivity contribution in [2.45, 2.75) is 13.3 Å². The molecular formula is C22H26N4O. The Morgan fingerprint density at radius 1 is 1.07 bits per heavy atom. The fourth-order valence-electron chi connectivity index (χ4n) is 3.00. The van der Waals surface area contributed by atoms with Gasteiger partial charge >= 0.3 is 0 Å². The molecule has 5 nitrogen and oxygen atoms in total. The van der Waals surface area contributed by atoms with E-state index in [9.17, 15) is 4.79 Å². The minimum Gasteiger partial charge on any atom is -0.355 e. The van der Waals surface area contributed by atoms with Crippen molar-refractivity contribution in [3.63, 3.8) is 0 Å². The van der Waals surface area contributed by atoms with Crippen LogP contribution in [0.15, 0.2) is 54.6 Å². The zero-order chi connectivity index (χ0) is 19.2. The molecule has 0 atom stereocenters. The molecule has 0 spiro atoms. The fraction of sp³-hybridized carbons (Fsp3) is 0.273. The number of nitrogens with zero attached hydrogens (tertiary/aromatic N) is 2. The third-order valence-corrected chi connectivity index (χ3v) is 4.32. The van der Waals surface area contributed by atoms with Crippen LogP contribution in [-0.2, 0) is 0 Å². The summed E-state index contributed by atoms with van der Waals surface area (Å²) in [7, 11) is 4.06. The molecule has 27 heavy (non-hydrogen) atoms. The highest BCUT2D eigenvalue weighted by molar-refractivity contribution is 5.96. The second kappa shape index (κ2) is 8.64. The highest BCUT2D eigenvalue weighted by atomic mass is 16.1. The van der Waals surface area contributed by atoms with Crippen molar-refractivity contribution in [2.75, 3.05) is 32.5 Å². The van der Waals surface area contributed by atoms with Crippen molar-refractivity contribution in [3.05, 3.63) is 65.9 Å². The first-order valence-electron chi connectivity index (χ1n) is 9.19. The number of para-hydroxylation sites is 1. The molecule has 0 fully saturated rings. The van der Waals surface area contributed by atoms with Crippen LogP contribution in [0.4, 0.5) is 11.4 Å². The summed E-state index contributed by atoms with van der Waals surface area (Å²) in [5, 5.41) is 7.48. The van der Waals surface area contributed by atoms with Gasteiger partial charge in [0.2, 0.25) is 0 Å². The SMILES string of the molecule is Cc1cc(Nc2cccc(C(=O)NCCCN(C)C)c2)c2ccccc2n1. The van der Waals surface area contributed by atoms with Crippen LogP contribution in [0.5, 0.6) is 0 Å². The third kappa shape index (κ3) is 5.05. The molecule has 3 rings (SSSR count). The number of fused-ring (bicyclic) bond motifs is 1. The molecule has 0 saturated carbocycles. The number of aryl methyl sites for hydroxylation is 1. The average molecular weight is 362 g/mol. The lowest BCUT2D eigenvalue weighted by molar-refractivity contribution is 0.0952. The van der Waals surface area contributed by atoms with Gasteiger partial charge in [-0.1, -0.05) is 24.3 Å². The molecule has 0 bridgehead atoms. The van der Waals surface area contributed by atoms with Crippen LogP contribution >= 0.6 is 0 Å². The van der Waals surface area contributed by atoms with Gasteiger partial charge in [-0.05, 0) is 64.3 Å². The largest absolute Gasteiger partial charge is 0.355 e. The minimum absolute atomic E-state index is 0.0480. The zero-order valence-corrected chi connectivity index (χ0v) is 16.1. The van der Waals surface area contributed by atoms with E-state index in [4.69, 9.17) is 0 Å². The zero-order valence-electron chi connectivity index (χ0n) is 16.1. The Morgan fingerprint density at radius 3 is 2.70 bits per heavy atom. The average Bonchev–Trinajstić information content (AvgIpc) is 2.65. The minimum atomic E-state index is -0.0480. The van der Waals surface area contributed by atoms with E-state index >= 15 is 0 Å². The number of benzene rings is 2. The highest BCUT2D eigenvalue weighted by Crippen LogP contribution is 2.26. The summed E-state index contributed by atoms with van der Waals surface area (Å²) in [6, 6.07) is 17.6. The van der Waals surface area contributed by atoms with Crippen molar-refractivity contribution in [3.8, 4) is 0 Å². The number of hydrogen-bond donors (Lipinski definition) is 2. The first kappa shape index (κ1) is 18.9. The van der Waals surface area contributed by atoms with Crippen LogP contribution in [-0.4, -0.2) is 43.0 Å². The van der Waals surface area contributed by atoms with Crippen LogP contribution in [0.3, 0.4) is 0 Å². The Balaban J connectivity index is 1.74. The highest BCUT2D eigenvalue weighted by Gasteiger charge is 2.08. The summed E-state index contributed by atoms with van der Waals surface area (Å²) in [5.74, 6) is -0.0480. The lowest BCUT2D eigenvalue weighted by Crippen LogP contribution is -2.27. The van der Waals surface area contributed by atoms with Gasteiger partial charge in [0.05, 0.1) is 5.52 Å². The Bertz CT molecular complexity index is 936. The van der Waals surface area contributed by atoms with Gasteiger partial charge in [0.25, 0.3) is 5.91 Å². The summed E-state index contributed by atoms with van der Waals surface area (Å²) < 4.78 is 0. The summed E-state index contributed by atoms with van der Waals surface area (Å²) in [5.41, 5.74) is 4.43. The molecule has 2 N–H and O–H groups in total. The van der Waals surface area contributed by atoms with Crippen LogP contribution in [0.1, 0.15) is 22.5 Å². The van der Waals surface area contributed by atoms with Gasteiger partial charge in [-0.2, -0.15) is 0 Å². The summed E-state index contributed by atoms with van der Waals surface area (Å²) >= 11 is 0. The number of anilines is 2. The van der Waals surface area contributed by atoms with Crippen LogP contribution in [0.25, 0.3) is 10.9 Å². The van der Waals surface area contributed by atoms with Gasteiger partial charge in [0.1, 0.15) is 0 Å². The van der Waals surface area contributed by atoms with E-state index in [-0.39, 0.29) is 5.91 Å². The molecule has 1 aromatic heterocycles. The van der Waals surface area contributed by atoms with E-state index in [2.05, 4.69) is 20.5 Å². The smallest absolute Gasteiger partial charge is 0.251 e. The first-order valence-corrected chi connectivity index (χ1v) is 9.19. The van der Waals surface area contributed by atoms with Gasteiger partial charge in [-0.25, -0.2) is 0 Å². The molecule has 5 heteroatoms. The van der Waals surface area contributed by atoms with E-state index in [0.717, 1.165) is 40.9 Å². The predicted molar refractivity (Wildman–Crippen MR) is 112 cm³/mol. The maximum Gasteiger partial charge on any atom is 0.251 e. The summed E-state index contributed by atoms with van der Waals surface area (Å²) in [6.45, 7) is 3.61. The summed E-state index contributed by atoms with van der Waals surface area (Å²) in [4.78, 5) is 19.1. The molecule has 1 heterocycles. The topological polar surface area (TPSA) is 57.3 Å². The summed E-state index contributed by atoms with van der Waals surface area (Å²) in [6.07, 6.45) is 0.930. The second-order valence-electron chi connectivity index (χ2n) is 6.95. The maximum absolute atomic E-state index is 12.4. The van der Waals surface area contributed by atoms with Gasteiger partial charge in [-0.3, -0.25) is 9.78 Å². The molecule has 3 aromatic rings. The fourth-order valence-corrected chi connectivity index (χ4v) is 3.00. The number of carbonyl (C=O) groups excluding carboxylic acids is 1. The van der Waals surface area contributed by atoms with Crippen molar-refractivity contribution in [1.82, 2.24) is 15.2 Å². The normalized spacial score (nSPS) is 11.0. The quantitative estimate of drug-likeness (QED) is 0.625. The third-order valence-electron chi connectivity index (χ3n) is 4.32. The number of rotatable bonds is 7. The number of hydrogen-bond acceptors (Lipinski definition) is 4. The molecule has 1 amide bonds. The standard InChI is InChI=1S/C22H26N4O/c1-16-14-21(19-10-4-5-11-20(19)24-16)25-18-9-6-8-17(15-18)22(27)23-12-7-13-26(2)3/h4-6,8-11,14-15H,7,12-13H2,1-3H3,(H,23,27)(H,24,25). The molecule has 0 radical (unpaired) electrons. The van der Waals surface area contributed by atoms with Crippen LogP contribution in [0, 0.1) is 6.92 Å².